The highest BCUT2D eigenvalue weighted by atomic mass is 16.2. The molecule has 0 radical (unpaired) electrons. The smallest absolute Gasteiger partial charge is 0.238 e. The molecule has 2 amide bonds. The molecule has 3 heteroatoms. The van der Waals surface area contributed by atoms with Gasteiger partial charge < -0.3 is 0 Å². The highest BCUT2D eigenvalue weighted by molar-refractivity contribution is 6.23. The predicted octanol–water partition coefficient (Wildman–Crippen LogP) is 5.75. The number of nitrogens with zero attached hydrogens (tertiary/aromatic N) is 1. The molecule has 8 rings (SSSR count). The van der Waals surface area contributed by atoms with Gasteiger partial charge in [0.05, 0.1) is 17.5 Å². The third-order valence-electron chi connectivity index (χ3n) is 7.68. The highest BCUT2D eigenvalue weighted by Crippen LogP contribution is 2.61. The quantitative estimate of drug-likeness (QED) is 0.382. The van der Waals surface area contributed by atoms with Crippen molar-refractivity contribution in [2.45, 2.75) is 11.8 Å². The van der Waals surface area contributed by atoms with Gasteiger partial charge in [-0.3, -0.25) is 9.59 Å². The molecule has 33 heavy (non-hydrogen) atoms. The maximum Gasteiger partial charge on any atom is 0.238 e. The number of anilines is 1. The second-order valence-corrected chi connectivity index (χ2v) is 9.19. The van der Waals surface area contributed by atoms with Crippen molar-refractivity contribution in [2.24, 2.45) is 11.8 Å². The minimum Gasteiger partial charge on any atom is -0.274 e. The van der Waals surface area contributed by atoms with Crippen LogP contribution in [0.2, 0.25) is 0 Å². The first-order valence-corrected chi connectivity index (χ1v) is 11.4. The molecule has 0 spiro atoms. The lowest BCUT2D eigenvalue weighted by Crippen LogP contribution is -2.41. The van der Waals surface area contributed by atoms with Crippen molar-refractivity contribution in [1.82, 2.24) is 0 Å². The molecule has 2 bridgehead atoms. The normalized spacial score (nSPS) is 24.4. The van der Waals surface area contributed by atoms with Crippen molar-refractivity contribution >= 4 is 17.5 Å². The van der Waals surface area contributed by atoms with Crippen LogP contribution in [-0.4, -0.2) is 11.8 Å². The van der Waals surface area contributed by atoms with Crippen LogP contribution in [0.4, 0.5) is 5.69 Å². The molecule has 0 N–H and O–H groups in total. The van der Waals surface area contributed by atoms with Crippen molar-refractivity contribution in [3.8, 4) is 11.1 Å². The molecule has 3 nitrogen and oxygen atoms in total. The minimum atomic E-state index is -0.346. The number of amides is 2. The summed E-state index contributed by atoms with van der Waals surface area (Å²) in [6, 6.07) is 34.6. The molecular weight excluding hydrogens is 406 g/mol. The topological polar surface area (TPSA) is 37.4 Å². The zero-order valence-electron chi connectivity index (χ0n) is 17.9. The van der Waals surface area contributed by atoms with Crippen LogP contribution in [0.15, 0.2) is 103 Å². The van der Waals surface area contributed by atoms with Gasteiger partial charge in [0.25, 0.3) is 0 Å². The third kappa shape index (κ3) is 2.45. The van der Waals surface area contributed by atoms with Gasteiger partial charge >= 0.3 is 0 Å². The molecule has 1 heterocycles. The fourth-order valence-electron chi connectivity index (χ4n) is 6.37. The molecule has 1 fully saturated rings. The van der Waals surface area contributed by atoms with E-state index in [9.17, 15) is 9.59 Å². The number of hydrogen-bond acceptors (Lipinski definition) is 2. The summed E-state index contributed by atoms with van der Waals surface area (Å²) < 4.78 is 0. The number of hydrogen-bond donors (Lipinski definition) is 0. The van der Waals surface area contributed by atoms with E-state index in [1.165, 1.54) is 27.2 Å². The van der Waals surface area contributed by atoms with E-state index >= 15 is 0 Å². The second kappa shape index (κ2) is 6.76. The summed E-state index contributed by atoms with van der Waals surface area (Å²) in [7, 11) is 0. The number of benzene rings is 4. The molecule has 4 aromatic carbocycles. The van der Waals surface area contributed by atoms with Gasteiger partial charge in [-0.15, -0.1) is 0 Å². The maximum atomic E-state index is 13.8. The maximum absolute atomic E-state index is 13.8. The van der Waals surface area contributed by atoms with Crippen LogP contribution < -0.4 is 4.90 Å². The van der Waals surface area contributed by atoms with Gasteiger partial charge in [-0.25, -0.2) is 4.90 Å². The van der Waals surface area contributed by atoms with Crippen LogP contribution in [0.5, 0.6) is 0 Å². The molecule has 3 aliphatic carbocycles. The number of imide groups is 1. The monoisotopic (exact) mass is 427 g/mol. The molecule has 4 aliphatic rings. The van der Waals surface area contributed by atoms with E-state index in [1.54, 1.807) is 0 Å². The Bertz CT molecular complexity index is 1310. The van der Waals surface area contributed by atoms with Gasteiger partial charge in [0.15, 0.2) is 0 Å². The summed E-state index contributed by atoms with van der Waals surface area (Å²) in [6.45, 7) is 0. The molecule has 0 saturated carbocycles. The average Bonchev–Trinajstić information content (AvgIpc) is 3.15. The van der Waals surface area contributed by atoms with Crippen LogP contribution >= 0.6 is 0 Å². The second-order valence-electron chi connectivity index (χ2n) is 9.19. The van der Waals surface area contributed by atoms with Crippen LogP contribution in [-0.2, 0) is 9.59 Å². The lowest BCUT2D eigenvalue weighted by Gasteiger charge is -2.45. The van der Waals surface area contributed by atoms with E-state index in [4.69, 9.17) is 0 Å². The number of carbonyl (C=O) groups is 2. The van der Waals surface area contributed by atoms with E-state index in [-0.39, 0.29) is 35.5 Å². The molecule has 4 aromatic rings. The van der Waals surface area contributed by atoms with Crippen LogP contribution in [0.1, 0.15) is 34.1 Å². The summed E-state index contributed by atoms with van der Waals surface area (Å²) in [5.41, 5.74) is 7.63. The molecule has 0 aromatic heterocycles. The van der Waals surface area contributed by atoms with Gasteiger partial charge in [0.2, 0.25) is 11.8 Å². The lowest BCUT2D eigenvalue weighted by molar-refractivity contribution is -0.122. The Hall–Kier alpha value is -3.98. The fourth-order valence-corrected chi connectivity index (χ4v) is 6.37. The Morgan fingerprint density at radius 1 is 0.455 bits per heavy atom. The van der Waals surface area contributed by atoms with Gasteiger partial charge in [-0.1, -0.05) is 91.0 Å². The molecule has 1 aliphatic heterocycles. The Morgan fingerprint density at radius 3 is 1.30 bits per heavy atom. The van der Waals surface area contributed by atoms with Gasteiger partial charge in [0.1, 0.15) is 0 Å². The SMILES string of the molecule is O=C1[C@@H]2C3c4ccccc4C(c4ccccc43)[C@H]2C(=O)N1c1ccc(-c2ccccc2)cc1. The Kier molecular flexibility index (Phi) is 3.80. The van der Waals surface area contributed by atoms with Crippen molar-refractivity contribution in [2.75, 3.05) is 4.90 Å². The zero-order valence-corrected chi connectivity index (χ0v) is 17.9. The van der Waals surface area contributed by atoms with E-state index in [1.807, 2.05) is 66.7 Å². The van der Waals surface area contributed by atoms with Crippen molar-refractivity contribution in [3.05, 3.63) is 125 Å². The minimum absolute atomic E-state index is 0.0718. The first-order chi connectivity index (χ1) is 16.2. The molecule has 2 atom stereocenters. The first-order valence-electron chi connectivity index (χ1n) is 11.4. The predicted molar refractivity (Wildman–Crippen MR) is 128 cm³/mol. The van der Waals surface area contributed by atoms with Crippen molar-refractivity contribution in [1.29, 1.82) is 0 Å². The fraction of sp³-hybridized carbons (Fsp3) is 0.133. The third-order valence-corrected chi connectivity index (χ3v) is 7.68. The largest absolute Gasteiger partial charge is 0.274 e. The van der Waals surface area contributed by atoms with Crippen molar-refractivity contribution in [3.63, 3.8) is 0 Å². The van der Waals surface area contributed by atoms with Crippen LogP contribution in [0, 0.1) is 11.8 Å². The van der Waals surface area contributed by atoms with Gasteiger partial charge in [-0.2, -0.15) is 0 Å². The van der Waals surface area contributed by atoms with E-state index in [2.05, 4.69) is 36.4 Å². The highest BCUT2D eigenvalue weighted by Gasteiger charge is 2.61. The lowest BCUT2D eigenvalue weighted by atomic mass is 9.55. The van der Waals surface area contributed by atoms with E-state index in [0.29, 0.717) is 5.69 Å². The van der Waals surface area contributed by atoms with Crippen LogP contribution in [0.3, 0.4) is 0 Å². The van der Waals surface area contributed by atoms with Gasteiger partial charge in [0, 0.05) is 11.8 Å². The summed E-state index contributed by atoms with van der Waals surface area (Å²) >= 11 is 0. The Morgan fingerprint density at radius 2 is 0.848 bits per heavy atom. The standard InChI is InChI=1S/C30H21NO2/c32-29-27-25-21-10-4-5-11-22(21)26(24-13-7-6-12-23(24)25)28(27)30(33)31(29)20-16-14-19(15-17-20)18-8-2-1-3-9-18/h1-17,25-28H/t25?,26?,27-,28-/m1/s1. The zero-order chi connectivity index (χ0) is 22.1. The Labute approximate surface area is 192 Å². The summed E-state index contributed by atoms with van der Waals surface area (Å²) in [5, 5.41) is 0. The average molecular weight is 428 g/mol. The molecule has 1 saturated heterocycles. The number of carbonyl (C=O) groups excluding carboxylic acids is 2. The van der Waals surface area contributed by atoms with Crippen molar-refractivity contribution < 1.29 is 9.59 Å². The Balaban J connectivity index is 1.33. The van der Waals surface area contributed by atoms with E-state index in [0.717, 1.165) is 11.1 Å². The van der Waals surface area contributed by atoms with Gasteiger partial charge in [-0.05, 0) is 45.5 Å². The summed E-state index contributed by atoms with van der Waals surface area (Å²) in [6.07, 6.45) is 0. The molecular formula is C30H21NO2. The van der Waals surface area contributed by atoms with E-state index < -0.39 is 0 Å². The number of rotatable bonds is 2. The molecule has 158 valence electrons. The summed E-state index contributed by atoms with van der Waals surface area (Å²) in [5.74, 6) is -0.981. The van der Waals surface area contributed by atoms with Crippen LogP contribution in [0.25, 0.3) is 11.1 Å². The molecule has 0 unspecified atom stereocenters. The summed E-state index contributed by atoms with van der Waals surface area (Å²) in [4.78, 5) is 29.1. The first kappa shape index (κ1) is 18.6.